The molecular formula is C13H14BrN3O5. The second-order valence-corrected chi connectivity index (χ2v) is 5.73. The second kappa shape index (κ2) is 5.83. The number of nitrogens with zero attached hydrogens (tertiary/aromatic N) is 2. The predicted octanol–water partition coefficient (Wildman–Crippen LogP) is -1.19. The minimum atomic E-state index is -1.81. The largest absolute Gasteiger partial charge is 0.392 e. The molecule has 4 atom stereocenters. The molecule has 9 heteroatoms. The van der Waals surface area contributed by atoms with E-state index < -0.39 is 36.3 Å². The van der Waals surface area contributed by atoms with Crippen LogP contribution in [-0.2, 0) is 4.74 Å². The van der Waals surface area contributed by atoms with Gasteiger partial charge in [0, 0.05) is 16.2 Å². The van der Waals surface area contributed by atoms with Crippen LogP contribution in [0.5, 0.6) is 0 Å². The van der Waals surface area contributed by atoms with Gasteiger partial charge in [-0.3, -0.25) is 4.57 Å². The molecule has 0 aromatic carbocycles. The van der Waals surface area contributed by atoms with E-state index in [9.17, 15) is 20.1 Å². The lowest BCUT2D eigenvalue weighted by molar-refractivity contribution is -0.0936. The molecule has 1 fully saturated rings. The fraction of sp³-hybridized carbons (Fsp3) is 0.385. The van der Waals surface area contributed by atoms with Gasteiger partial charge in [0.15, 0.2) is 11.8 Å². The molecule has 0 amide bonds. The molecule has 0 unspecified atom stereocenters. The van der Waals surface area contributed by atoms with E-state index in [-0.39, 0.29) is 5.82 Å². The van der Waals surface area contributed by atoms with Crippen LogP contribution >= 0.6 is 15.9 Å². The zero-order chi connectivity index (χ0) is 16.7. The maximum absolute atomic E-state index is 12.0. The number of nitrogens with two attached hydrogens (primary N) is 1. The lowest BCUT2D eigenvalue weighted by atomic mass is 9.97. The van der Waals surface area contributed by atoms with E-state index in [0.717, 1.165) is 4.57 Å². The highest BCUT2D eigenvalue weighted by molar-refractivity contribution is 9.15. The Morgan fingerprint density at radius 2 is 2.32 bits per heavy atom. The first-order valence-corrected chi connectivity index (χ1v) is 6.92. The van der Waals surface area contributed by atoms with Crippen LogP contribution in [0, 0.1) is 12.3 Å². The summed E-state index contributed by atoms with van der Waals surface area (Å²) in [5.74, 6) is 2.05. The summed E-state index contributed by atoms with van der Waals surface area (Å²) >= 11 is 3.12. The number of anilines is 1. The summed E-state index contributed by atoms with van der Waals surface area (Å²) in [4.78, 5) is 15.6. The summed E-state index contributed by atoms with van der Waals surface area (Å²) in [6, 6.07) is 0. The van der Waals surface area contributed by atoms with Crippen molar-refractivity contribution in [2.75, 3.05) is 12.3 Å². The standard InChI is InChI=1S/C13H14BrN3O5/c1-3-13(5-18)9(20)8(19)11(22-13)17-4-7(6(2)14)10(15)16-12(17)21/h1,4,8-9,11,18-20H,2,5H2,(H2,15,16,21)/t8-,9-,11+,13+/m0/s1. The van der Waals surface area contributed by atoms with Gasteiger partial charge in [-0.1, -0.05) is 28.4 Å². The Kier molecular flexibility index (Phi) is 4.42. The molecule has 0 spiro atoms. The van der Waals surface area contributed by atoms with Gasteiger partial charge in [-0.2, -0.15) is 4.98 Å². The van der Waals surface area contributed by atoms with Crippen molar-refractivity contribution in [1.82, 2.24) is 9.55 Å². The highest BCUT2D eigenvalue weighted by Crippen LogP contribution is 2.36. The monoisotopic (exact) mass is 371 g/mol. The minimum Gasteiger partial charge on any atom is -0.392 e. The molecule has 1 aromatic rings. The van der Waals surface area contributed by atoms with Crippen molar-refractivity contribution in [3.63, 3.8) is 0 Å². The van der Waals surface area contributed by atoms with E-state index in [1.807, 2.05) is 0 Å². The number of rotatable bonds is 3. The molecule has 1 aliphatic heterocycles. The van der Waals surface area contributed by atoms with Crippen molar-refractivity contribution in [1.29, 1.82) is 0 Å². The van der Waals surface area contributed by atoms with Crippen LogP contribution in [0.15, 0.2) is 17.6 Å². The van der Waals surface area contributed by atoms with Gasteiger partial charge in [0.2, 0.25) is 0 Å². The summed E-state index contributed by atoms with van der Waals surface area (Å²) in [5.41, 5.74) is 3.31. The van der Waals surface area contributed by atoms with Gasteiger partial charge in [0.1, 0.15) is 18.0 Å². The van der Waals surface area contributed by atoms with Crippen molar-refractivity contribution >= 4 is 26.2 Å². The van der Waals surface area contributed by atoms with E-state index in [0.29, 0.717) is 10.0 Å². The molecule has 0 bridgehead atoms. The number of nitrogen functional groups attached to an aromatic ring is 1. The second-order valence-electron chi connectivity index (χ2n) is 4.77. The Morgan fingerprint density at radius 3 is 2.77 bits per heavy atom. The molecule has 0 aliphatic carbocycles. The van der Waals surface area contributed by atoms with E-state index in [2.05, 4.69) is 33.4 Å². The smallest absolute Gasteiger partial charge is 0.351 e. The van der Waals surface area contributed by atoms with E-state index >= 15 is 0 Å². The third kappa shape index (κ3) is 2.45. The Morgan fingerprint density at radius 1 is 1.68 bits per heavy atom. The third-order valence-corrected chi connectivity index (χ3v) is 3.88. The van der Waals surface area contributed by atoms with Gasteiger partial charge in [-0.15, -0.1) is 6.42 Å². The maximum Gasteiger partial charge on any atom is 0.351 e. The molecule has 8 nitrogen and oxygen atoms in total. The van der Waals surface area contributed by atoms with E-state index in [1.165, 1.54) is 6.20 Å². The highest BCUT2D eigenvalue weighted by atomic mass is 79.9. The Balaban J connectivity index is 2.54. The van der Waals surface area contributed by atoms with Gasteiger partial charge in [-0.05, 0) is 0 Å². The van der Waals surface area contributed by atoms with E-state index in [4.69, 9.17) is 16.9 Å². The molecular weight excluding hydrogens is 358 g/mol. The van der Waals surface area contributed by atoms with Crippen LogP contribution in [0.1, 0.15) is 11.8 Å². The van der Waals surface area contributed by atoms with Crippen molar-refractivity contribution in [2.45, 2.75) is 24.0 Å². The topological polar surface area (TPSA) is 131 Å². The van der Waals surface area contributed by atoms with Crippen molar-refractivity contribution in [3.8, 4) is 12.3 Å². The van der Waals surface area contributed by atoms with Crippen LogP contribution in [0.4, 0.5) is 5.82 Å². The molecule has 0 radical (unpaired) electrons. The summed E-state index contributed by atoms with van der Waals surface area (Å²) < 4.78 is 6.66. The third-order valence-electron chi connectivity index (χ3n) is 3.45. The van der Waals surface area contributed by atoms with Gasteiger partial charge in [0.25, 0.3) is 0 Å². The van der Waals surface area contributed by atoms with Crippen molar-refractivity contribution in [3.05, 3.63) is 28.8 Å². The van der Waals surface area contributed by atoms with Gasteiger partial charge in [-0.25, -0.2) is 4.79 Å². The van der Waals surface area contributed by atoms with Gasteiger partial charge < -0.3 is 25.8 Å². The first kappa shape index (κ1) is 16.7. The molecule has 1 saturated heterocycles. The van der Waals surface area contributed by atoms with E-state index in [1.54, 1.807) is 0 Å². The molecule has 5 N–H and O–H groups in total. The summed E-state index contributed by atoms with van der Waals surface area (Å²) in [6.07, 6.45) is 2.09. The lowest BCUT2D eigenvalue weighted by Gasteiger charge is -2.23. The summed E-state index contributed by atoms with van der Waals surface area (Å²) in [7, 11) is 0. The number of aliphatic hydroxyl groups excluding tert-OH is 3. The average molecular weight is 372 g/mol. The number of ether oxygens (including phenoxy) is 1. The number of aliphatic hydroxyl groups is 3. The fourth-order valence-electron chi connectivity index (χ4n) is 2.18. The predicted molar refractivity (Wildman–Crippen MR) is 81.7 cm³/mol. The normalized spacial score (nSPS) is 31.0. The van der Waals surface area contributed by atoms with Crippen molar-refractivity contribution < 1.29 is 20.1 Å². The Hall–Kier alpha value is -1.70. The minimum absolute atomic E-state index is 0.0541. The first-order chi connectivity index (χ1) is 10.3. The molecule has 2 rings (SSSR count). The lowest BCUT2D eigenvalue weighted by Crippen LogP contribution is -2.45. The Labute approximate surface area is 134 Å². The molecule has 0 saturated carbocycles. The van der Waals surface area contributed by atoms with Crippen LogP contribution in [0.3, 0.4) is 0 Å². The van der Waals surface area contributed by atoms with Crippen LogP contribution in [-0.4, -0.2) is 49.3 Å². The molecule has 118 valence electrons. The zero-order valence-corrected chi connectivity index (χ0v) is 12.9. The highest BCUT2D eigenvalue weighted by Gasteiger charge is 2.54. The maximum atomic E-state index is 12.0. The number of terminal acetylenes is 1. The zero-order valence-electron chi connectivity index (χ0n) is 11.3. The van der Waals surface area contributed by atoms with Gasteiger partial charge in [0.05, 0.1) is 6.61 Å². The fourth-order valence-corrected chi connectivity index (χ4v) is 2.48. The number of halogens is 1. The first-order valence-electron chi connectivity index (χ1n) is 6.13. The molecule has 2 heterocycles. The van der Waals surface area contributed by atoms with Crippen LogP contribution < -0.4 is 11.4 Å². The SMILES string of the molecule is C#C[C@]1(CO)O[C@@H](n2cc(C(=C)Br)c(N)nc2=O)[C@@H](O)[C@@H]1O. The molecule has 1 aromatic heterocycles. The number of aromatic nitrogens is 2. The number of hydrogen-bond acceptors (Lipinski definition) is 7. The molecule has 22 heavy (non-hydrogen) atoms. The van der Waals surface area contributed by atoms with Crippen molar-refractivity contribution in [2.24, 2.45) is 0 Å². The summed E-state index contributed by atoms with van der Waals surface area (Å²) in [5, 5.41) is 29.4. The number of hydrogen-bond donors (Lipinski definition) is 4. The van der Waals surface area contributed by atoms with Gasteiger partial charge >= 0.3 is 5.69 Å². The molecule has 1 aliphatic rings. The van der Waals surface area contributed by atoms with Crippen LogP contribution in [0.25, 0.3) is 4.48 Å². The average Bonchev–Trinajstić information content (AvgIpc) is 2.72. The Bertz CT molecular complexity index is 713. The quantitative estimate of drug-likeness (QED) is 0.491. The summed E-state index contributed by atoms with van der Waals surface area (Å²) in [6.45, 7) is 2.91. The van der Waals surface area contributed by atoms with Crippen LogP contribution in [0.2, 0.25) is 0 Å².